The molecule has 1 aromatic heterocycles. The van der Waals surface area contributed by atoms with Gasteiger partial charge in [0.2, 0.25) is 0 Å². The van der Waals surface area contributed by atoms with E-state index in [4.69, 9.17) is 9.84 Å². The van der Waals surface area contributed by atoms with Crippen LogP contribution in [0.1, 0.15) is 41.4 Å². The van der Waals surface area contributed by atoms with Gasteiger partial charge in [-0.1, -0.05) is 0 Å². The minimum atomic E-state index is -0.899. The Bertz CT molecular complexity index is 644. The molecule has 0 atom stereocenters. The lowest BCUT2D eigenvalue weighted by Gasteiger charge is -2.08. The van der Waals surface area contributed by atoms with Crippen molar-refractivity contribution >= 4 is 17.0 Å². The second-order valence-corrected chi connectivity index (χ2v) is 5.25. The Morgan fingerprint density at radius 2 is 2.30 bits per heavy atom. The fourth-order valence-electron chi connectivity index (χ4n) is 2.53. The number of nitrogens with zero attached hydrogens (tertiary/aromatic N) is 2. The molecule has 0 amide bonds. The molecule has 1 aromatic carbocycles. The largest absolute Gasteiger partial charge is 0.478 e. The lowest BCUT2D eigenvalue weighted by atomic mass is 10.2. The molecular formula is C15H18N2O3. The van der Waals surface area contributed by atoms with Crippen molar-refractivity contribution in [3.05, 3.63) is 29.6 Å². The maximum absolute atomic E-state index is 11.1. The van der Waals surface area contributed by atoms with Crippen LogP contribution in [0.3, 0.4) is 0 Å². The fourth-order valence-corrected chi connectivity index (χ4v) is 2.53. The van der Waals surface area contributed by atoms with Crippen LogP contribution in [0.5, 0.6) is 0 Å². The smallest absolute Gasteiger partial charge is 0.335 e. The molecule has 5 heteroatoms. The molecule has 0 bridgehead atoms. The highest BCUT2D eigenvalue weighted by Crippen LogP contribution is 2.40. The number of rotatable bonds is 6. The molecule has 106 valence electrons. The Morgan fingerprint density at radius 3 is 2.95 bits per heavy atom. The number of aromatic carboxylic acids is 1. The number of imidazole rings is 1. The number of carboxylic acid groups (broad SMARTS) is 1. The van der Waals surface area contributed by atoms with Crippen LogP contribution in [0.15, 0.2) is 18.2 Å². The summed E-state index contributed by atoms with van der Waals surface area (Å²) in [6.07, 6.45) is 3.26. The third-order valence-corrected chi connectivity index (χ3v) is 3.70. The molecule has 1 aliphatic carbocycles. The quantitative estimate of drug-likeness (QED) is 0.822. The number of carbonyl (C=O) groups is 1. The predicted molar refractivity (Wildman–Crippen MR) is 75.2 cm³/mol. The number of hydrogen-bond acceptors (Lipinski definition) is 3. The van der Waals surface area contributed by atoms with Crippen molar-refractivity contribution in [2.75, 3.05) is 13.7 Å². The summed E-state index contributed by atoms with van der Waals surface area (Å²) in [5, 5.41) is 9.13. The summed E-state index contributed by atoms with van der Waals surface area (Å²) in [5.41, 5.74) is 2.12. The van der Waals surface area contributed by atoms with Crippen molar-refractivity contribution in [2.24, 2.45) is 0 Å². The summed E-state index contributed by atoms with van der Waals surface area (Å²) in [7, 11) is 1.69. The molecule has 5 nitrogen and oxygen atoms in total. The first kappa shape index (κ1) is 13.1. The highest BCUT2D eigenvalue weighted by atomic mass is 16.5. The van der Waals surface area contributed by atoms with Gasteiger partial charge in [-0.25, -0.2) is 9.78 Å². The first-order valence-corrected chi connectivity index (χ1v) is 6.93. The molecule has 0 aliphatic heterocycles. The van der Waals surface area contributed by atoms with Gasteiger partial charge in [0.15, 0.2) is 0 Å². The minimum Gasteiger partial charge on any atom is -0.478 e. The Balaban J connectivity index is 2.03. The van der Waals surface area contributed by atoms with E-state index in [1.807, 2.05) is 0 Å². The first-order chi connectivity index (χ1) is 9.70. The lowest BCUT2D eigenvalue weighted by molar-refractivity contribution is 0.0697. The topological polar surface area (TPSA) is 64.4 Å². The van der Waals surface area contributed by atoms with Crippen molar-refractivity contribution in [3.63, 3.8) is 0 Å². The average Bonchev–Trinajstić information content (AvgIpc) is 3.22. The second-order valence-electron chi connectivity index (χ2n) is 5.25. The van der Waals surface area contributed by atoms with Gasteiger partial charge in [0.1, 0.15) is 5.82 Å². The van der Waals surface area contributed by atoms with Gasteiger partial charge in [-0.3, -0.25) is 0 Å². The average molecular weight is 274 g/mol. The van der Waals surface area contributed by atoms with Crippen LogP contribution in [0.2, 0.25) is 0 Å². The van der Waals surface area contributed by atoms with E-state index in [0.29, 0.717) is 18.1 Å². The minimum absolute atomic E-state index is 0.313. The van der Waals surface area contributed by atoms with Crippen molar-refractivity contribution in [3.8, 4) is 0 Å². The molecule has 2 aromatic rings. The van der Waals surface area contributed by atoms with Gasteiger partial charge in [-0.15, -0.1) is 0 Å². The summed E-state index contributed by atoms with van der Waals surface area (Å²) < 4.78 is 7.27. The summed E-state index contributed by atoms with van der Waals surface area (Å²) in [6.45, 7) is 1.52. The predicted octanol–water partition coefficient (Wildman–Crippen LogP) is 2.65. The standard InChI is InChI=1S/C15H18N2O3/c1-20-8-2-7-17-13-9-11(15(18)19)5-6-12(13)16-14(17)10-3-4-10/h5-6,9-10H,2-4,7-8H2,1H3,(H,18,19). The lowest BCUT2D eigenvalue weighted by Crippen LogP contribution is -2.06. The number of aromatic nitrogens is 2. The summed E-state index contributed by atoms with van der Waals surface area (Å²) in [4.78, 5) is 15.8. The van der Waals surface area contributed by atoms with E-state index in [1.165, 1.54) is 12.8 Å². The van der Waals surface area contributed by atoms with Gasteiger partial charge in [0.25, 0.3) is 0 Å². The van der Waals surface area contributed by atoms with Crippen molar-refractivity contribution in [1.82, 2.24) is 9.55 Å². The summed E-state index contributed by atoms with van der Waals surface area (Å²) >= 11 is 0. The Labute approximate surface area is 117 Å². The molecule has 0 radical (unpaired) electrons. The molecule has 1 aliphatic rings. The third-order valence-electron chi connectivity index (χ3n) is 3.70. The normalized spacial score (nSPS) is 14.8. The van der Waals surface area contributed by atoms with Gasteiger partial charge >= 0.3 is 5.97 Å². The maximum atomic E-state index is 11.1. The zero-order valence-corrected chi connectivity index (χ0v) is 11.5. The summed E-state index contributed by atoms with van der Waals surface area (Å²) in [5.74, 6) is 0.737. The molecule has 1 fully saturated rings. The van der Waals surface area contributed by atoms with E-state index >= 15 is 0 Å². The van der Waals surface area contributed by atoms with Crippen LogP contribution >= 0.6 is 0 Å². The molecule has 0 unspecified atom stereocenters. The molecule has 1 saturated carbocycles. The molecule has 1 N–H and O–H groups in total. The highest BCUT2D eigenvalue weighted by molar-refractivity contribution is 5.92. The van der Waals surface area contributed by atoms with Crippen LogP contribution in [-0.2, 0) is 11.3 Å². The number of carboxylic acids is 1. The SMILES string of the molecule is COCCCn1c(C2CC2)nc2ccc(C(=O)O)cc21. The fraction of sp³-hybridized carbons (Fsp3) is 0.467. The van der Waals surface area contributed by atoms with Gasteiger partial charge in [-0.2, -0.15) is 0 Å². The van der Waals surface area contributed by atoms with Crippen molar-refractivity contribution < 1.29 is 14.6 Å². The molecule has 0 spiro atoms. The van der Waals surface area contributed by atoms with Crippen LogP contribution in [0.25, 0.3) is 11.0 Å². The number of fused-ring (bicyclic) bond motifs is 1. The Hall–Kier alpha value is -1.88. The number of benzene rings is 1. The van der Waals surface area contributed by atoms with E-state index in [1.54, 1.807) is 25.3 Å². The van der Waals surface area contributed by atoms with E-state index in [-0.39, 0.29) is 0 Å². The van der Waals surface area contributed by atoms with E-state index in [9.17, 15) is 4.79 Å². The van der Waals surface area contributed by atoms with Gasteiger partial charge < -0.3 is 14.4 Å². The van der Waals surface area contributed by atoms with Gasteiger partial charge in [-0.05, 0) is 37.5 Å². The van der Waals surface area contributed by atoms with E-state index in [2.05, 4.69) is 9.55 Å². The molecule has 1 heterocycles. The maximum Gasteiger partial charge on any atom is 0.335 e. The van der Waals surface area contributed by atoms with Crippen LogP contribution in [0, 0.1) is 0 Å². The monoisotopic (exact) mass is 274 g/mol. The zero-order chi connectivity index (χ0) is 14.1. The van der Waals surface area contributed by atoms with Crippen LogP contribution in [0.4, 0.5) is 0 Å². The number of methoxy groups -OCH3 is 1. The number of hydrogen-bond donors (Lipinski definition) is 1. The Kier molecular flexibility index (Phi) is 3.44. The molecule has 20 heavy (non-hydrogen) atoms. The highest BCUT2D eigenvalue weighted by Gasteiger charge is 2.29. The van der Waals surface area contributed by atoms with E-state index in [0.717, 1.165) is 29.8 Å². The molecule has 3 rings (SSSR count). The Morgan fingerprint density at radius 1 is 1.50 bits per heavy atom. The van der Waals surface area contributed by atoms with Crippen LogP contribution < -0.4 is 0 Å². The number of aryl methyl sites for hydroxylation is 1. The number of ether oxygens (including phenoxy) is 1. The van der Waals surface area contributed by atoms with Gasteiger partial charge in [0.05, 0.1) is 16.6 Å². The molecular weight excluding hydrogens is 256 g/mol. The molecule has 0 saturated heterocycles. The van der Waals surface area contributed by atoms with Crippen LogP contribution in [-0.4, -0.2) is 34.3 Å². The van der Waals surface area contributed by atoms with Crippen molar-refractivity contribution in [2.45, 2.75) is 31.7 Å². The first-order valence-electron chi connectivity index (χ1n) is 6.93. The van der Waals surface area contributed by atoms with Crippen molar-refractivity contribution in [1.29, 1.82) is 0 Å². The third kappa shape index (κ3) is 2.41. The second kappa shape index (κ2) is 5.25. The van der Waals surface area contributed by atoms with E-state index < -0.39 is 5.97 Å². The summed E-state index contributed by atoms with van der Waals surface area (Å²) in [6, 6.07) is 5.15. The van der Waals surface area contributed by atoms with Gasteiger partial charge in [0, 0.05) is 26.2 Å². The zero-order valence-electron chi connectivity index (χ0n) is 11.5.